The fourth-order valence-electron chi connectivity index (χ4n) is 2.54. The number of likely N-dealkylation sites (tertiary alicyclic amines) is 1. The molecule has 20 heavy (non-hydrogen) atoms. The van der Waals surface area contributed by atoms with Gasteiger partial charge in [-0.1, -0.05) is 30.3 Å². The van der Waals surface area contributed by atoms with Crippen molar-refractivity contribution in [3.8, 4) is 0 Å². The predicted octanol–water partition coefficient (Wildman–Crippen LogP) is 3.33. The molecule has 4 nitrogen and oxygen atoms in total. The van der Waals surface area contributed by atoms with Crippen molar-refractivity contribution in [1.29, 1.82) is 0 Å². The van der Waals surface area contributed by atoms with E-state index >= 15 is 0 Å². The Morgan fingerprint density at radius 2 is 1.85 bits per heavy atom. The molecule has 0 aromatic heterocycles. The van der Waals surface area contributed by atoms with Gasteiger partial charge in [-0.25, -0.2) is 9.69 Å². The zero-order valence-corrected chi connectivity index (χ0v) is 12.4. The first-order valence-corrected chi connectivity index (χ1v) is 6.89. The van der Waals surface area contributed by atoms with Crippen LogP contribution in [0.15, 0.2) is 30.3 Å². The third kappa shape index (κ3) is 3.00. The Labute approximate surface area is 119 Å². The first-order chi connectivity index (χ1) is 9.29. The van der Waals surface area contributed by atoms with E-state index in [1.807, 2.05) is 37.3 Å². The summed E-state index contributed by atoms with van der Waals surface area (Å²) in [6.45, 7) is 7.28. The van der Waals surface area contributed by atoms with Gasteiger partial charge in [0.1, 0.15) is 5.60 Å². The molecule has 2 atom stereocenters. The highest BCUT2D eigenvalue weighted by molar-refractivity contribution is 5.95. The van der Waals surface area contributed by atoms with Crippen LogP contribution in [-0.4, -0.2) is 28.5 Å². The largest absolute Gasteiger partial charge is 0.443 e. The van der Waals surface area contributed by atoms with Gasteiger partial charge >= 0.3 is 6.09 Å². The Morgan fingerprint density at radius 1 is 1.25 bits per heavy atom. The third-order valence-electron chi connectivity index (χ3n) is 3.47. The van der Waals surface area contributed by atoms with Crippen molar-refractivity contribution in [2.45, 2.75) is 51.7 Å². The number of benzene rings is 1. The van der Waals surface area contributed by atoms with Crippen LogP contribution in [0.25, 0.3) is 0 Å². The number of carbonyl (C=O) groups is 2. The Balaban J connectivity index is 2.17. The lowest BCUT2D eigenvalue weighted by Crippen LogP contribution is -2.41. The average Bonchev–Trinajstić information content (AvgIpc) is 2.64. The van der Waals surface area contributed by atoms with Gasteiger partial charge in [-0.15, -0.1) is 0 Å². The van der Waals surface area contributed by atoms with Crippen LogP contribution < -0.4 is 0 Å². The molecule has 1 heterocycles. The molecule has 0 bridgehead atoms. The van der Waals surface area contributed by atoms with Crippen LogP contribution in [0.1, 0.15) is 45.6 Å². The molecule has 1 aromatic rings. The molecule has 0 N–H and O–H groups in total. The number of carbonyl (C=O) groups excluding carboxylic acids is 2. The van der Waals surface area contributed by atoms with Crippen LogP contribution in [0.5, 0.6) is 0 Å². The second-order valence-electron chi connectivity index (χ2n) is 6.21. The summed E-state index contributed by atoms with van der Waals surface area (Å²) < 4.78 is 5.31. The Kier molecular flexibility index (Phi) is 3.84. The Hall–Kier alpha value is -1.84. The predicted molar refractivity (Wildman–Crippen MR) is 76.3 cm³/mol. The number of hydrogen-bond acceptors (Lipinski definition) is 3. The van der Waals surface area contributed by atoms with E-state index in [0.29, 0.717) is 6.42 Å². The molecule has 0 saturated carbocycles. The van der Waals surface area contributed by atoms with Crippen molar-refractivity contribution in [3.05, 3.63) is 35.9 Å². The molecule has 4 heteroatoms. The fraction of sp³-hybridized carbons (Fsp3) is 0.500. The van der Waals surface area contributed by atoms with Gasteiger partial charge in [0, 0.05) is 18.4 Å². The molecule has 108 valence electrons. The van der Waals surface area contributed by atoms with Crippen LogP contribution >= 0.6 is 0 Å². The summed E-state index contributed by atoms with van der Waals surface area (Å²) in [5.74, 6) is -0.128. The van der Waals surface area contributed by atoms with Crippen LogP contribution in [0, 0.1) is 0 Å². The summed E-state index contributed by atoms with van der Waals surface area (Å²) in [5, 5.41) is 0. The molecule has 1 aliphatic rings. The summed E-state index contributed by atoms with van der Waals surface area (Å²) in [6.07, 6.45) is -0.196. The summed E-state index contributed by atoms with van der Waals surface area (Å²) in [7, 11) is 0. The van der Waals surface area contributed by atoms with Crippen molar-refractivity contribution in [2.75, 3.05) is 0 Å². The molecule has 1 fully saturated rings. The minimum Gasteiger partial charge on any atom is -0.443 e. The SMILES string of the molecule is C[C@H]1[C@H](c2ccccc2)CC(=O)N1C(=O)OC(C)(C)C. The maximum absolute atomic E-state index is 12.1. The van der Waals surface area contributed by atoms with Crippen molar-refractivity contribution in [1.82, 2.24) is 4.90 Å². The zero-order valence-electron chi connectivity index (χ0n) is 12.4. The van der Waals surface area contributed by atoms with Crippen LogP contribution in [0.3, 0.4) is 0 Å². The first kappa shape index (κ1) is 14.6. The Morgan fingerprint density at radius 3 is 2.40 bits per heavy atom. The molecule has 0 unspecified atom stereocenters. The van der Waals surface area contributed by atoms with Crippen LogP contribution in [-0.2, 0) is 9.53 Å². The average molecular weight is 275 g/mol. The topological polar surface area (TPSA) is 46.6 Å². The van der Waals surface area contributed by atoms with E-state index in [0.717, 1.165) is 5.56 Å². The van der Waals surface area contributed by atoms with Crippen LogP contribution in [0.2, 0.25) is 0 Å². The smallest absolute Gasteiger partial charge is 0.417 e. The highest BCUT2D eigenvalue weighted by atomic mass is 16.6. The number of amides is 2. The standard InChI is InChI=1S/C16H21NO3/c1-11-13(12-8-6-5-7-9-12)10-14(18)17(11)15(19)20-16(2,3)4/h5-9,11,13H,10H2,1-4H3/t11-,13+/m0/s1. The monoisotopic (exact) mass is 275 g/mol. The van der Waals surface area contributed by atoms with E-state index in [4.69, 9.17) is 4.74 Å². The highest BCUT2D eigenvalue weighted by Crippen LogP contribution is 2.34. The maximum atomic E-state index is 12.1. The third-order valence-corrected chi connectivity index (χ3v) is 3.47. The molecule has 1 aliphatic heterocycles. The van der Waals surface area contributed by atoms with E-state index in [-0.39, 0.29) is 17.9 Å². The molecule has 1 saturated heterocycles. The lowest BCUT2D eigenvalue weighted by molar-refractivity contribution is -0.127. The number of imide groups is 1. The van der Waals surface area contributed by atoms with Gasteiger partial charge in [0.05, 0.1) is 0 Å². The van der Waals surface area contributed by atoms with Crippen molar-refractivity contribution in [3.63, 3.8) is 0 Å². The lowest BCUT2D eigenvalue weighted by Gasteiger charge is -2.27. The molecule has 2 rings (SSSR count). The molecule has 0 aliphatic carbocycles. The lowest BCUT2D eigenvalue weighted by atomic mass is 9.93. The van der Waals surface area contributed by atoms with E-state index < -0.39 is 11.7 Å². The van der Waals surface area contributed by atoms with E-state index in [1.54, 1.807) is 20.8 Å². The molecule has 0 spiro atoms. The number of ether oxygens (including phenoxy) is 1. The van der Waals surface area contributed by atoms with Gasteiger partial charge in [-0.2, -0.15) is 0 Å². The van der Waals surface area contributed by atoms with Gasteiger partial charge in [-0.3, -0.25) is 4.79 Å². The number of rotatable bonds is 1. The summed E-state index contributed by atoms with van der Waals surface area (Å²) in [5.41, 5.74) is 0.487. The second-order valence-corrected chi connectivity index (χ2v) is 6.21. The van der Waals surface area contributed by atoms with Gasteiger partial charge in [0.25, 0.3) is 0 Å². The van der Waals surface area contributed by atoms with Crippen molar-refractivity contribution >= 4 is 12.0 Å². The second kappa shape index (κ2) is 5.27. The van der Waals surface area contributed by atoms with E-state index in [2.05, 4.69) is 0 Å². The summed E-state index contributed by atoms with van der Waals surface area (Å²) in [6, 6.07) is 9.64. The summed E-state index contributed by atoms with van der Waals surface area (Å²) in [4.78, 5) is 25.5. The minimum absolute atomic E-state index is 0.0382. The van der Waals surface area contributed by atoms with Crippen molar-refractivity contribution < 1.29 is 14.3 Å². The number of nitrogens with zero attached hydrogens (tertiary/aromatic N) is 1. The van der Waals surface area contributed by atoms with Crippen molar-refractivity contribution in [2.24, 2.45) is 0 Å². The molecular formula is C16H21NO3. The van der Waals surface area contributed by atoms with Gasteiger partial charge in [-0.05, 0) is 33.3 Å². The van der Waals surface area contributed by atoms with Gasteiger partial charge in [0.15, 0.2) is 0 Å². The minimum atomic E-state index is -0.595. The zero-order chi connectivity index (χ0) is 14.9. The maximum Gasteiger partial charge on any atom is 0.417 e. The highest BCUT2D eigenvalue weighted by Gasteiger charge is 2.42. The molecular weight excluding hydrogens is 254 g/mol. The molecule has 0 radical (unpaired) electrons. The van der Waals surface area contributed by atoms with E-state index in [1.165, 1.54) is 4.90 Å². The molecule has 1 aromatic carbocycles. The Bertz CT molecular complexity index is 504. The fourth-order valence-corrected chi connectivity index (χ4v) is 2.54. The number of hydrogen-bond donors (Lipinski definition) is 0. The summed E-state index contributed by atoms with van der Waals surface area (Å²) >= 11 is 0. The quantitative estimate of drug-likeness (QED) is 0.789. The van der Waals surface area contributed by atoms with Gasteiger partial charge in [0.2, 0.25) is 5.91 Å². The normalized spacial score (nSPS) is 23.0. The first-order valence-electron chi connectivity index (χ1n) is 6.89. The van der Waals surface area contributed by atoms with E-state index in [9.17, 15) is 9.59 Å². The van der Waals surface area contributed by atoms with Gasteiger partial charge < -0.3 is 4.74 Å². The molecule has 2 amide bonds. The van der Waals surface area contributed by atoms with Crippen LogP contribution in [0.4, 0.5) is 4.79 Å².